The van der Waals surface area contributed by atoms with Crippen LogP contribution in [0.2, 0.25) is 0 Å². The van der Waals surface area contributed by atoms with Gasteiger partial charge < -0.3 is 10.6 Å². The van der Waals surface area contributed by atoms with Crippen LogP contribution < -0.4 is 10.6 Å². The van der Waals surface area contributed by atoms with Crippen molar-refractivity contribution in [2.45, 2.75) is 71.9 Å². The maximum atomic E-state index is 11.5. The molecule has 1 aliphatic heterocycles. The topological polar surface area (TPSA) is 58.2 Å². The van der Waals surface area contributed by atoms with Crippen LogP contribution in [0, 0.1) is 11.8 Å². The van der Waals surface area contributed by atoms with Crippen molar-refractivity contribution in [3.63, 3.8) is 0 Å². The van der Waals surface area contributed by atoms with Gasteiger partial charge in [0, 0.05) is 12.3 Å². The monoisotopic (exact) mass is 268 g/mol. The van der Waals surface area contributed by atoms with Crippen molar-refractivity contribution in [3.05, 3.63) is 0 Å². The number of hydrogen-bond donors (Lipinski definition) is 2. The van der Waals surface area contributed by atoms with Crippen LogP contribution in [0.4, 0.5) is 4.79 Å². The van der Waals surface area contributed by atoms with E-state index in [1.807, 2.05) is 13.8 Å². The van der Waals surface area contributed by atoms with Gasteiger partial charge in [-0.25, -0.2) is 4.79 Å². The third-order valence-electron chi connectivity index (χ3n) is 4.08. The summed E-state index contributed by atoms with van der Waals surface area (Å²) in [7, 11) is 0. The van der Waals surface area contributed by atoms with E-state index < -0.39 is 0 Å². The van der Waals surface area contributed by atoms with E-state index in [1.54, 1.807) is 0 Å². The number of carbonyl (C=O) groups excluding carboxylic acids is 2. The summed E-state index contributed by atoms with van der Waals surface area (Å²) in [5.41, 5.74) is 0. The van der Waals surface area contributed by atoms with Crippen molar-refractivity contribution in [2.75, 3.05) is 0 Å². The molecular formula is C15H28N2O2. The van der Waals surface area contributed by atoms with Crippen LogP contribution in [0.5, 0.6) is 0 Å². The first kappa shape index (κ1) is 16.0. The van der Waals surface area contributed by atoms with E-state index in [1.165, 1.54) is 0 Å². The fraction of sp³-hybridized carbons (Fsp3) is 0.867. The maximum Gasteiger partial charge on any atom is 0.315 e. The molecule has 2 N–H and O–H groups in total. The lowest BCUT2D eigenvalue weighted by Gasteiger charge is -2.23. The van der Waals surface area contributed by atoms with Crippen molar-refractivity contribution in [3.8, 4) is 0 Å². The number of Topliss-reactive ketones (excluding diaryl/α,β-unsaturated/α-hetero) is 1. The van der Waals surface area contributed by atoms with Gasteiger partial charge in [0.15, 0.2) is 0 Å². The number of unbranched alkanes of at least 4 members (excludes halogenated alkanes) is 1. The molecule has 0 saturated carbocycles. The SMILES string of the molecule is CC[C@@H]1NC(=O)N[C@@H]1[C@@H](C)CCCCC(=O)C(C)C. The molecular weight excluding hydrogens is 240 g/mol. The lowest BCUT2D eigenvalue weighted by atomic mass is 9.89. The van der Waals surface area contributed by atoms with E-state index in [0.29, 0.717) is 18.1 Å². The second-order valence-electron chi connectivity index (χ2n) is 6.00. The summed E-state index contributed by atoms with van der Waals surface area (Å²) >= 11 is 0. The molecule has 4 heteroatoms. The number of urea groups is 1. The van der Waals surface area contributed by atoms with Gasteiger partial charge in [-0.3, -0.25) is 4.79 Å². The molecule has 0 aliphatic carbocycles. The molecule has 0 aromatic carbocycles. The predicted molar refractivity (Wildman–Crippen MR) is 77.0 cm³/mol. The Balaban J connectivity index is 2.25. The second-order valence-corrected chi connectivity index (χ2v) is 6.00. The van der Waals surface area contributed by atoms with Crippen LogP contribution in [-0.4, -0.2) is 23.9 Å². The molecule has 1 aliphatic rings. The fourth-order valence-electron chi connectivity index (χ4n) is 2.68. The van der Waals surface area contributed by atoms with E-state index in [0.717, 1.165) is 25.7 Å². The van der Waals surface area contributed by atoms with Crippen LogP contribution in [0.1, 0.15) is 59.8 Å². The molecule has 0 aromatic heterocycles. The zero-order chi connectivity index (χ0) is 14.4. The van der Waals surface area contributed by atoms with E-state index in [-0.39, 0.29) is 24.0 Å². The minimum absolute atomic E-state index is 0.0429. The normalized spacial score (nSPS) is 24.2. The molecule has 0 unspecified atom stereocenters. The molecule has 0 bridgehead atoms. The lowest BCUT2D eigenvalue weighted by Crippen LogP contribution is -2.38. The van der Waals surface area contributed by atoms with Crippen molar-refractivity contribution < 1.29 is 9.59 Å². The van der Waals surface area contributed by atoms with Gasteiger partial charge in [0.1, 0.15) is 5.78 Å². The van der Waals surface area contributed by atoms with E-state index >= 15 is 0 Å². The smallest absolute Gasteiger partial charge is 0.315 e. The van der Waals surface area contributed by atoms with Crippen LogP contribution in [0.3, 0.4) is 0 Å². The van der Waals surface area contributed by atoms with Gasteiger partial charge in [-0.05, 0) is 25.2 Å². The highest BCUT2D eigenvalue weighted by Crippen LogP contribution is 2.20. The third-order valence-corrected chi connectivity index (χ3v) is 4.08. The zero-order valence-corrected chi connectivity index (χ0v) is 12.7. The van der Waals surface area contributed by atoms with E-state index in [2.05, 4.69) is 24.5 Å². The van der Waals surface area contributed by atoms with Crippen molar-refractivity contribution >= 4 is 11.8 Å². The number of hydrogen-bond acceptors (Lipinski definition) is 2. The van der Waals surface area contributed by atoms with Crippen LogP contribution in [0.15, 0.2) is 0 Å². The molecule has 110 valence electrons. The standard InChI is InChI=1S/C15H28N2O2/c1-5-12-14(17-15(19)16-12)11(4)8-6-7-9-13(18)10(2)3/h10-12,14H,5-9H2,1-4H3,(H2,16,17,19)/t11-,12-,14+/m0/s1. The molecule has 1 saturated heterocycles. The first-order valence-electron chi connectivity index (χ1n) is 7.55. The molecule has 1 heterocycles. The lowest BCUT2D eigenvalue weighted by molar-refractivity contribution is -0.122. The van der Waals surface area contributed by atoms with Crippen LogP contribution >= 0.6 is 0 Å². The average Bonchev–Trinajstić information content (AvgIpc) is 2.75. The summed E-state index contributed by atoms with van der Waals surface area (Å²) in [6, 6.07) is 0.441. The summed E-state index contributed by atoms with van der Waals surface area (Å²) < 4.78 is 0. The predicted octanol–water partition coefficient (Wildman–Crippen LogP) is 2.87. The highest BCUT2D eigenvalue weighted by Gasteiger charge is 2.33. The van der Waals surface area contributed by atoms with Gasteiger partial charge in [-0.1, -0.05) is 34.1 Å². The highest BCUT2D eigenvalue weighted by atomic mass is 16.2. The molecule has 0 radical (unpaired) electrons. The van der Waals surface area contributed by atoms with Crippen molar-refractivity contribution in [1.82, 2.24) is 10.6 Å². The number of rotatable bonds is 8. The van der Waals surface area contributed by atoms with Crippen LogP contribution in [-0.2, 0) is 4.79 Å². The zero-order valence-electron chi connectivity index (χ0n) is 12.7. The van der Waals surface area contributed by atoms with Gasteiger partial charge in [0.05, 0.1) is 12.1 Å². The third kappa shape index (κ3) is 4.84. The van der Waals surface area contributed by atoms with Gasteiger partial charge in [-0.15, -0.1) is 0 Å². The quantitative estimate of drug-likeness (QED) is 0.665. The highest BCUT2D eigenvalue weighted by molar-refractivity contribution is 5.80. The minimum atomic E-state index is -0.0429. The Morgan fingerprint density at radius 1 is 1.21 bits per heavy atom. The Labute approximate surface area is 116 Å². The van der Waals surface area contributed by atoms with Crippen molar-refractivity contribution in [2.24, 2.45) is 11.8 Å². The molecule has 4 nitrogen and oxygen atoms in total. The Morgan fingerprint density at radius 2 is 1.89 bits per heavy atom. The molecule has 2 amide bonds. The Kier molecular flexibility index (Phi) is 6.32. The largest absolute Gasteiger partial charge is 0.333 e. The number of amides is 2. The van der Waals surface area contributed by atoms with Crippen molar-refractivity contribution in [1.29, 1.82) is 0 Å². The molecule has 1 fully saturated rings. The first-order valence-corrected chi connectivity index (χ1v) is 7.55. The fourth-order valence-corrected chi connectivity index (χ4v) is 2.68. The number of carbonyl (C=O) groups is 2. The number of nitrogens with one attached hydrogen (secondary N) is 2. The molecule has 0 spiro atoms. The molecule has 1 rings (SSSR count). The number of ketones is 1. The van der Waals surface area contributed by atoms with Crippen LogP contribution in [0.25, 0.3) is 0 Å². The van der Waals surface area contributed by atoms with E-state index in [4.69, 9.17) is 0 Å². The summed E-state index contributed by atoms with van der Waals surface area (Å²) in [4.78, 5) is 22.9. The molecule has 3 atom stereocenters. The van der Waals surface area contributed by atoms with Gasteiger partial charge >= 0.3 is 6.03 Å². The maximum absolute atomic E-state index is 11.5. The minimum Gasteiger partial charge on any atom is -0.333 e. The van der Waals surface area contributed by atoms with Gasteiger partial charge in [-0.2, -0.15) is 0 Å². The van der Waals surface area contributed by atoms with Gasteiger partial charge in [0.25, 0.3) is 0 Å². The molecule has 0 aromatic rings. The summed E-state index contributed by atoms with van der Waals surface area (Å²) in [6.45, 7) is 8.19. The molecule has 19 heavy (non-hydrogen) atoms. The summed E-state index contributed by atoms with van der Waals surface area (Å²) in [5, 5.41) is 5.96. The average molecular weight is 268 g/mol. The Bertz CT molecular complexity index is 315. The first-order chi connectivity index (χ1) is 8.95. The second kappa shape index (κ2) is 7.51. The summed E-state index contributed by atoms with van der Waals surface area (Å²) in [5.74, 6) is 0.966. The summed E-state index contributed by atoms with van der Waals surface area (Å²) in [6.07, 6.45) is 4.74. The van der Waals surface area contributed by atoms with Gasteiger partial charge in [0.2, 0.25) is 0 Å². The Hall–Kier alpha value is -1.06. The Morgan fingerprint density at radius 3 is 2.47 bits per heavy atom. The van der Waals surface area contributed by atoms with E-state index in [9.17, 15) is 9.59 Å².